The van der Waals surface area contributed by atoms with Crippen molar-refractivity contribution in [3.8, 4) is 0 Å². The second-order valence-electron chi connectivity index (χ2n) is 5.95. The van der Waals surface area contributed by atoms with E-state index >= 15 is 0 Å². The van der Waals surface area contributed by atoms with Crippen LogP contribution in [0.1, 0.15) is 52.9 Å². The monoisotopic (exact) mass is 238 g/mol. The molecule has 2 aliphatic rings. The molecule has 0 spiro atoms. The normalized spacial score (nSPS) is 31.9. The van der Waals surface area contributed by atoms with Crippen LogP contribution in [0.15, 0.2) is 0 Å². The van der Waals surface area contributed by atoms with Gasteiger partial charge in [-0.2, -0.15) is 0 Å². The van der Waals surface area contributed by atoms with Gasteiger partial charge in [0.1, 0.15) is 0 Å². The number of hydrogen-bond donors (Lipinski definition) is 1. The topological polar surface area (TPSA) is 32.3 Å². The second-order valence-corrected chi connectivity index (χ2v) is 5.95. The van der Waals surface area contributed by atoms with Crippen molar-refractivity contribution in [2.75, 3.05) is 6.54 Å². The van der Waals surface area contributed by atoms with Gasteiger partial charge in [0.05, 0.1) is 0 Å². The Morgan fingerprint density at radius 2 is 1.88 bits per heavy atom. The Morgan fingerprint density at radius 1 is 1.29 bits per heavy atom. The van der Waals surface area contributed by atoms with Gasteiger partial charge in [0.2, 0.25) is 5.91 Å². The summed E-state index contributed by atoms with van der Waals surface area (Å²) in [5.74, 6) is 0.975. The van der Waals surface area contributed by atoms with Crippen LogP contribution in [0.5, 0.6) is 0 Å². The van der Waals surface area contributed by atoms with Gasteiger partial charge in [-0.1, -0.05) is 0 Å². The van der Waals surface area contributed by atoms with Crippen molar-refractivity contribution in [2.24, 2.45) is 5.92 Å². The highest BCUT2D eigenvalue weighted by molar-refractivity contribution is 5.76. The molecule has 1 N–H and O–H groups in total. The van der Waals surface area contributed by atoms with E-state index in [2.05, 4.69) is 26.1 Å². The second kappa shape index (κ2) is 5.38. The van der Waals surface area contributed by atoms with Crippen LogP contribution < -0.4 is 5.32 Å². The summed E-state index contributed by atoms with van der Waals surface area (Å²) in [6.07, 6.45) is 5.81. The molecule has 0 saturated carbocycles. The molecule has 3 nitrogen and oxygen atoms in total. The molecule has 0 aromatic heterocycles. The molecule has 0 aromatic rings. The third-order valence-corrected chi connectivity index (χ3v) is 4.32. The number of hydrogen-bond acceptors (Lipinski definition) is 2. The first-order chi connectivity index (χ1) is 8.10. The van der Waals surface area contributed by atoms with Crippen LogP contribution in [0.25, 0.3) is 0 Å². The average molecular weight is 238 g/mol. The fourth-order valence-corrected chi connectivity index (χ4v) is 3.54. The molecule has 0 aliphatic carbocycles. The van der Waals surface area contributed by atoms with Crippen molar-refractivity contribution >= 4 is 5.91 Å². The van der Waals surface area contributed by atoms with Gasteiger partial charge in [-0.15, -0.1) is 0 Å². The Kier molecular flexibility index (Phi) is 4.08. The lowest BCUT2D eigenvalue weighted by Crippen LogP contribution is -2.42. The van der Waals surface area contributed by atoms with E-state index in [1.807, 2.05) is 4.90 Å². The Balaban J connectivity index is 1.86. The summed E-state index contributed by atoms with van der Waals surface area (Å²) < 4.78 is 0. The number of nitrogens with one attached hydrogen (secondary N) is 1. The minimum Gasteiger partial charge on any atom is -0.341 e. The van der Waals surface area contributed by atoms with E-state index in [4.69, 9.17) is 0 Å². The van der Waals surface area contributed by atoms with Crippen LogP contribution in [-0.4, -0.2) is 35.5 Å². The van der Waals surface area contributed by atoms with E-state index < -0.39 is 0 Å². The molecule has 0 radical (unpaired) electrons. The van der Waals surface area contributed by atoms with Crippen LogP contribution >= 0.6 is 0 Å². The largest absolute Gasteiger partial charge is 0.341 e. The predicted molar refractivity (Wildman–Crippen MR) is 69.8 cm³/mol. The fourth-order valence-electron chi connectivity index (χ4n) is 3.54. The van der Waals surface area contributed by atoms with E-state index in [1.165, 1.54) is 25.7 Å². The summed E-state index contributed by atoms with van der Waals surface area (Å²) in [7, 11) is 0. The summed E-state index contributed by atoms with van der Waals surface area (Å²) in [5, 5.41) is 3.63. The summed E-state index contributed by atoms with van der Waals surface area (Å²) in [5.41, 5.74) is 0. The van der Waals surface area contributed by atoms with E-state index in [0.717, 1.165) is 13.0 Å². The molecule has 2 saturated heterocycles. The quantitative estimate of drug-likeness (QED) is 0.814. The first-order valence-electron chi connectivity index (χ1n) is 7.15. The van der Waals surface area contributed by atoms with Gasteiger partial charge < -0.3 is 10.2 Å². The van der Waals surface area contributed by atoms with E-state index in [1.54, 1.807) is 0 Å². The van der Waals surface area contributed by atoms with Crippen LogP contribution in [0.4, 0.5) is 0 Å². The number of fused-ring (bicyclic) bond motifs is 2. The van der Waals surface area contributed by atoms with Crippen LogP contribution in [0.2, 0.25) is 0 Å². The van der Waals surface area contributed by atoms with E-state index in [0.29, 0.717) is 30.0 Å². The number of piperidine rings is 1. The van der Waals surface area contributed by atoms with Crippen LogP contribution in [0, 0.1) is 5.92 Å². The minimum atomic E-state index is 0.339. The molecule has 2 fully saturated rings. The zero-order chi connectivity index (χ0) is 12.4. The molecule has 0 aromatic carbocycles. The minimum absolute atomic E-state index is 0.339. The lowest BCUT2D eigenvalue weighted by atomic mass is 9.89. The maximum absolute atomic E-state index is 12.2. The SMILES string of the molecule is CCN(C(=O)CC1CC2CCC(C1)N2)C(C)C. The number of carbonyl (C=O) groups is 1. The van der Waals surface area contributed by atoms with Crippen molar-refractivity contribution in [1.82, 2.24) is 10.2 Å². The summed E-state index contributed by atoms with van der Waals surface area (Å²) in [6.45, 7) is 7.12. The number of amides is 1. The van der Waals surface area contributed by atoms with Crippen molar-refractivity contribution in [1.29, 1.82) is 0 Å². The van der Waals surface area contributed by atoms with Crippen LogP contribution in [-0.2, 0) is 4.79 Å². The fraction of sp³-hybridized carbons (Fsp3) is 0.929. The Bertz CT molecular complexity index is 265. The maximum Gasteiger partial charge on any atom is 0.223 e. The van der Waals surface area contributed by atoms with Gasteiger partial charge in [0.25, 0.3) is 0 Å². The van der Waals surface area contributed by atoms with E-state index in [9.17, 15) is 4.79 Å². The zero-order valence-electron chi connectivity index (χ0n) is 11.4. The first kappa shape index (κ1) is 12.9. The Hall–Kier alpha value is -0.570. The van der Waals surface area contributed by atoms with Crippen molar-refractivity contribution in [3.05, 3.63) is 0 Å². The van der Waals surface area contributed by atoms with Crippen molar-refractivity contribution in [2.45, 2.75) is 71.0 Å². The molecule has 2 rings (SSSR count). The van der Waals surface area contributed by atoms with Gasteiger partial charge >= 0.3 is 0 Å². The maximum atomic E-state index is 12.2. The third-order valence-electron chi connectivity index (χ3n) is 4.32. The Labute approximate surface area is 105 Å². The standard InChI is InChI=1S/C14H26N2O/c1-4-16(10(2)3)14(17)9-11-7-12-5-6-13(8-11)15-12/h10-13,15H,4-9H2,1-3H3. The molecule has 17 heavy (non-hydrogen) atoms. The number of carbonyl (C=O) groups excluding carboxylic acids is 1. The molecule has 3 heteroatoms. The third kappa shape index (κ3) is 3.01. The summed E-state index contributed by atoms with van der Waals surface area (Å²) >= 11 is 0. The number of rotatable bonds is 4. The molecule has 2 aliphatic heterocycles. The molecule has 1 amide bonds. The predicted octanol–water partition coefficient (Wildman–Crippen LogP) is 2.16. The van der Waals surface area contributed by atoms with Gasteiger partial charge in [-0.25, -0.2) is 0 Å². The van der Waals surface area contributed by atoms with Gasteiger partial charge in [-0.3, -0.25) is 4.79 Å². The highest BCUT2D eigenvalue weighted by Crippen LogP contribution is 2.33. The molecule has 2 unspecified atom stereocenters. The highest BCUT2D eigenvalue weighted by atomic mass is 16.2. The lowest BCUT2D eigenvalue weighted by Gasteiger charge is -2.31. The first-order valence-corrected chi connectivity index (χ1v) is 7.15. The van der Waals surface area contributed by atoms with Crippen molar-refractivity contribution < 1.29 is 4.79 Å². The van der Waals surface area contributed by atoms with Gasteiger partial charge in [0, 0.05) is 31.1 Å². The van der Waals surface area contributed by atoms with Crippen LogP contribution in [0.3, 0.4) is 0 Å². The lowest BCUT2D eigenvalue weighted by molar-refractivity contribution is -0.133. The van der Waals surface area contributed by atoms with Gasteiger partial charge in [-0.05, 0) is 52.4 Å². The van der Waals surface area contributed by atoms with Gasteiger partial charge in [0.15, 0.2) is 0 Å². The smallest absolute Gasteiger partial charge is 0.223 e. The highest BCUT2D eigenvalue weighted by Gasteiger charge is 2.34. The molecular weight excluding hydrogens is 212 g/mol. The molecule has 2 heterocycles. The average Bonchev–Trinajstić information content (AvgIpc) is 2.58. The molecule has 2 bridgehead atoms. The Morgan fingerprint density at radius 3 is 2.35 bits per heavy atom. The zero-order valence-corrected chi connectivity index (χ0v) is 11.4. The summed E-state index contributed by atoms with van der Waals surface area (Å²) in [6, 6.07) is 1.73. The molecular formula is C14H26N2O. The molecule has 2 atom stereocenters. The van der Waals surface area contributed by atoms with E-state index in [-0.39, 0.29) is 0 Å². The van der Waals surface area contributed by atoms with Crippen molar-refractivity contribution in [3.63, 3.8) is 0 Å². The molecule has 98 valence electrons. The number of nitrogens with zero attached hydrogens (tertiary/aromatic N) is 1. The summed E-state index contributed by atoms with van der Waals surface area (Å²) in [4.78, 5) is 14.2.